The van der Waals surface area contributed by atoms with Gasteiger partial charge in [0, 0.05) is 37.2 Å². The van der Waals surface area contributed by atoms with E-state index in [9.17, 15) is 0 Å². The molecule has 1 N–H and O–H groups in total. The fourth-order valence-corrected chi connectivity index (χ4v) is 3.38. The predicted molar refractivity (Wildman–Crippen MR) is 85.4 cm³/mol. The van der Waals surface area contributed by atoms with Gasteiger partial charge in [-0.3, -0.25) is 0 Å². The molecule has 2 heterocycles. The SMILES string of the molecule is COCc1nc(N2CCC(C)C2)sc1CNC(C)(C)C. The van der Waals surface area contributed by atoms with Gasteiger partial charge in [0.05, 0.1) is 12.3 Å². The van der Waals surface area contributed by atoms with Crippen molar-refractivity contribution < 1.29 is 4.74 Å². The minimum absolute atomic E-state index is 0.122. The zero-order valence-corrected chi connectivity index (χ0v) is 14.1. The second-order valence-electron chi connectivity index (χ2n) is 6.74. The van der Waals surface area contributed by atoms with E-state index >= 15 is 0 Å². The summed E-state index contributed by atoms with van der Waals surface area (Å²) in [6.07, 6.45) is 1.27. The minimum Gasteiger partial charge on any atom is -0.378 e. The van der Waals surface area contributed by atoms with E-state index in [0.717, 1.165) is 36.4 Å². The number of nitrogens with zero attached hydrogens (tertiary/aromatic N) is 2. The summed E-state index contributed by atoms with van der Waals surface area (Å²) in [6, 6.07) is 0. The van der Waals surface area contributed by atoms with Crippen LogP contribution in [0.5, 0.6) is 0 Å². The fourth-order valence-electron chi connectivity index (χ4n) is 2.35. The highest BCUT2D eigenvalue weighted by Crippen LogP contribution is 2.31. The zero-order chi connectivity index (χ0) is 14.8. The Morgan fingerprint density at radius 3 is 2.75 bits per heavy atom. The molecular formula is C15H27N3OS. The third-order valence-electron chi connectivity index (χ3n) is 3.52. The fraction of sp³-hybridized carbons (Fsp3) is 0.800. The van der Waals surface area contributed by atoms with Crippen molar-refractivity contribution >= 4 is 16.5 Å². The van der Waals surface area contributed by atoms with Crippen molar-refractivity contribution in [2.45, 2.75) is 52.8 Å². The lowest BCUT2D eigenvalue weighted by Crippen LogP contribution is -2.35. The van der Waals surface area contributed by atoms with Gasteiger partial charge < -0.3 is 15.0 Å². The number of thiazole rings is 1. The van der Waals surface area contributed by atoms with E-state index in [-0.39, 0.29) is 5.54 Å². The van der Waals surface area contributed by atoms with Gasteiger partial charge in [0.15, 0.2) is 5.13 Å². The zero-order valence-electron chi connectivity index (χ0n) is 13.3. The lowest BCUT2D eigenvalue weighted by Gasteiger charge is -2.20. The normalized spacial score (nSPS) is 19.9. The van der Waals surface area contributed by atoms with Crippen molar-refractivity contribution in [2.24, 2.45) is 5.92 Å². The largest absolute Gasteiger partial charge is 0.378 e. The summed E-state index contributed by atoms with van der Waals surface area (Å²) in [5, 5.41) is 4.71. The molecule has 0 radical (unpaired) electrons. The van der Waals surface area contributed by atoms with E-state index in [1.165, 1.54) is 11.3 Å². The van der Waals surface area contributed by atoms with Crippen LogP contribution in [0, 0.1) is 5.92 Å². The highest BCUT2D eigenvalue weighted by molar-refractivity contribution is 7.15. The molecule has 0 saturated carbocycles. The molecule has 1 atom stereocenters. The lowest BCUT2D eigenvalue weighted by atomic mass is 10.1. The van der Waals surface area contributed by atoms with Crippen LogP contribution in [-0.2, 0) is 17.9 Å². The summed E-state index contributed by atoms with van der Waals surface area (Å²) in [5.74, 6) is 0.779. The molecule has 1 aliphatic heterocycles. The molecule has 0 spiro atoms. The van der Waals surface area contributed by atoms with Gasteiger partial charge in [0.2, 0.25) is 0 Å². The Hall–Kier alpha value is -0.650. The average Bonchev–Trinajstić information content (AvgIpc) is 2.93. The predicted octanol–water partition coefficient (Wildman–Crippen LogP) is 3.02. The van der Waals surface area contributed by atoms with E-state index in [1.54, 1.807) is 7.11 Å². The van der Waals surface area contributed by atoms with Gasteiger partial charge in [-0.1, -0.05) is 6.92 Å². The molecule has 1 aromatic heterocycles. The molecule has 114 valence electrons. The first-order chi connectivity index (χ1) is 9.39. The number of anilines is 1. The molecule has 1 aromatic rings. The van der Waals surface area contributed by atoms with Crippen LogP contribution < -0.4 is 10.2 Å². The monoisotopic (exact) mass is 297 g/mol. The van der Waals surface area contributed by atoms with Crippen molar-refractivity contribution in [2.75, 3.05) is 25.1 Å². The summed E-state index contributed by atoms with van der Waals surface area (Å²) < 4.78 is 5.30. The summed E-state index contributed by atoms with van der Waals surface area (Å²) in [5.41, 5.74) is 1.21. The van der Waals surface area contributed by atoms with Crippen LogP contribution in [0.3, 0.4) is 0 Å². The number of rotatable bonds is 5. The third-order valence-corrected chi connectivity index (χ3v) is 4.68. The molecule has 1 unspecified atom stereocenters. The molecule has 0 bridgehead atoms. The van der Waals surface area contributed by atoms with Gasteiger partial charge in [0.1, 0.15) is 0 Å². The lowest BCUT2D eigenvalue weighted by molar-refractivity contribution is 0.181. The van der Waals surface area contributed by atoms with Crippen molar-refractivity contribution in [3.05, 3.63) is 10.6 Å². The molecule has 1 aliphatic rings. The van der Waals surface area contributed by atoms with Gasteiger partial charge in [-0.25, -0.2) is 4.98 Å². The van der Waals surface area contributed by atoms with Crippen LogP contribution in [-0.4, -0.2) is 30.7 Å². The van der Waals surface area contributed by atoms with Crippen LogP contribution in [0.25, 0.3) is 0 Å². The van der Waals surface area contributed by atoms with Crippen LogP contribution in [0.15, 0.2) is 0 Å². The van der Waals surface area contributed by atoms with Gasteiger partial charge in [-0.05, 0) is 33.1 Å². The molecule has 5 heteroatoms. The Labute approximate surface area is 126 Å². The average molecular weight is 297 g/mol. The van der Waals surface area contributed by atoms with Crippen molar-refractivity contribution in [1.82, 2.24) is 10.3 Å². The minimum atomic E-state index is 0.122. The molecule has 0 aliphatic carbocycles. The van der Waals surface area contributed by atoms with Crippen LogP contribution in [0.2, 0.25) is 0 Å². The Kier molecular flexibility index (Phi) is 5.04. The number of nitrogens with one attached hydrogen (secondary N) is 1. The van der Waals surface area contributed by atoms with Gasteiger partial charge in [0.25, 0.3) is 0 Å². The number of hydrogen-bond donors (Lipinski definition) is 1. The molecule has 1 saturated heterocycles. The van der Waals surface area contributed by atoms with E-state index < -0.39 is 0 Å². The van der Waals surface area contributed by atoms with Crippen molar-refractivity contribution in [1.29, 1.82) is 0 Å². The number of ether oxygens (including phenoxy) is 1. The summed E-state index contributed by atoms with van der Waals surface area (Å²) in [6.45, 7) is 12.6. The van der Waals surface area contributed by atoms with Gasteiger partial charge >= 0.3 is 0 Å². The summed E-state index contributed by atoms with van der Waals surface area (Å²) in [7, 11) is 1.73. The summed E-state index contributed by atoms with van der Waals surface area (Å²) in [4.78, 5) is 8.51. The molecule has 4 nitrogen and oxygen atoms in total. The highest BCUT2D eigenvalue weighted by Gasteiger charge is 2.23. The second-order valence-corrected chi connectivity index (χ2v) is 7.80. The van der Waals surface area contributed by atoms with Gasteiger partial charge in [-0.2, -0.15) is 0 Å². The van der Waals surface area contributed by atoms with Crippen LogP contribution in [0.4, 0.5) is 5.13 Å². The Bertz CT molecular complexity index is 439. The molecular weight excluding hydrogens is 270 g/mol. The number of methoxy groups -OCH3 is 1. The maximum atomic E-state index is 5.30. The third kappa shape index (κ3) is 4.17. The molecule has 0 aromatic carbocycles. The Balaban J connectivity index is 2.11. The second kappa shape index (κ2) is 6.41. The molecule has 1 fully saturated rings. The van der Waals surface area contributed by atoms with E-state index in [4.69, 9.17) is 9.72 Å². The smallest absolute Gasteiger partial charge is 0.185 e. The van der Waals surface area contributed by atoms with E-state index in [1.807, 2.05) is 11.3 Å². The molecule has 0 amide bonds. The number of hydrogen-bond acceptors (Lipinski definition) is 5. The van der Waals surface area contributed by atoms with Crippen molar-refractivity contribution in [3.63, 3.8) is 0 Å². The Morgan fingerprint density at radius 2 is 2.20 bits per heavy atom. The quantitative estimate of drug-likeness (QED) is 0.906. The van der Waals surface area contributed by atoms with Crippen LogP contribution in [0.1, 0.15) is 44.7 Å². The van der Waals surface area contributed by atoms with Gasteiger partial charge in [-0.15, -0.1) is 11.3 Å². The number of aromatic nitrogens is 1. The standard InChI is InChI=1S/C15H27N3OS/c1-11-6-7-18(9-11)14-17-12(10-19-5)13(20-14)8-16-15(2,3)4/h11,16H,6-10H2,1-5H3. The van der Waals surface area contributed by atoms with E-state index in [2.05, 4.69) is 37.9 Å². The van der Waals surface area contributed by atoms with Crippen LogP contribution >= 0.6 is 11.3 Å². The Morgan fingerprint density at radius 1 is 1.45 bits per heavy atom. The summed E-state index contributed by atoms with van der Waals surface area (Å²) >= 11 is 1.81. The maximum absolute atomic E-state index is 5.30. The topological polar surface area (TPSA) is 37.4 Å². The molecule has 20 heavy (non-hydrogen) atoms. The highest BCUT2D eigenvalue weighted by atomic mass is 32.1. The van der Waals surface area contributed by atoms with E-state index in [0.29, 0.717) is 6.61 Å². The van der Waals surface area contributed by atoms with Crippen molar-refractivity contribution in [3.8, 4) is 0 Å². The first kappa shape index (κ1) is 15.7. The maximum Gasteiger partial charge on any atom is 0.185 e. The first-order valence-corrected chi connectivity index (χ1v) is 8.18. The first-order valence-electron chi connectivity index (χ1n) is 7.36. The molecule has 2 rings (SSSR count).